The van der Waals surface area contributed by atoms with Crippen LogP contribution in [0.1, 0.15) is 36.0 Å². The molecular weight excluding hydrogens is 420 g/mol. The number of hydrogen-bond acceptors (Lipinski definition) is 6. The highest BCUT2D eigenvalue weighted by Gasteiger charge is 2.22. The van der Waals surface area contributed by atoms with Gasteiger partial charge in [-0.2, -0.15) is 0 Å². The number of halogens is 2. The molecule has 152 valence electrons. The molecule has 3 aromatic rings. The number of aryl methyl sites for hydroxylation is 1. The first-order chi connectivity index (χ1) is 13.8. The molecule has 1 amide bonds. The van der Waals surface area contributed by atoms with Gasteiger partial charge >= 0.3 is 5.97 Å². The minimum Gasteiger partial charge on any atom is -0.486 e. The average Bonchev–Trinajstić information content (AvgIpc) is 3.26. The van der Waals surface area contributed by atoms with Crippen molar-refractivity contribution in [2.24, 2.45) is 0 Å². The van der Waals surface area contributed by atoms with Crippen molar-refractivity contribution in [2.75, 3.05) is 12.4 Å². The number of thiophene rings is 2. The fourth-order valence-corrected chi connectivity index (χ4v) is 4.39. The van der Waals surface area contributed by atoms with Gasteiger partial charge in [-0.3, -0.25) is 4.79 Å². The number of hydrogen-bond donors (Lipinski definition) is 1. The second kappa shape index (κ2) is 8.71. The van der Waals surface area contributed by atoms with E-state index in [0.717, 1.165) is 22.6 Å². The molecule has 0 bridgehead atoms. The van der Waals surface area contributed by atoms with Gasteiger partial charge < -0.3 is 14.8 Å². The maximum Gasteiger partial charge on any atom is 0.341 e. The van der Waals surface area contributed by atoms with Crippen LogP contribution in [0.25, 0.3) is 0 Å². The highest BCUT2D eigenvalue weighted by molar-refractivity contribution is 7.17. The van der Waals surface area contributed by atoms with E-state index in [2.05, 4.69) is 5.32 Å². The lowest BCUT2D eigenvalue weighted by atomic mass is 10.1. The number of amides is 1. The molecule has 0 aliphatic carbocycles. The Morgan fingerprint density at radius 1 is 1.17 bits per heavy atom. The van der Waals surface area contributed by atoms with Crippen LogP contribution in [-0.2, 0) is 11.3 Å². The summed E-state index contributed by atoms with van der Waals surface area (Å²) < 4.78 is 36.7. The van der Waals surface area contributed by atoms with E-state index in [4.69, 9.17) is 9.47 Å². The summed E-state index contributed by atoms with van der Waals surface area (Å²) in [6.07, 6.45) is 0. The lowest BCUT2D eigenvalue weighted by Gasteiger charge is -2.06. The summed E-state index contributed by atoms with van der Waals surface area (Å²) in [7, 11) is 1.29. The molecule has 3 rings (SSSR count). The molecule has 0 spiro atoms. The van der Waals surface area contributed by atoms with Crippen LogP contribution in [0.4, 0.5) is 13.8 Å². The Hall–Kier alpha value is -2.78. The van der Waals surface area contributed by atoms with Gasteiger partial charge in [0.2, 0.25) is 0 Å². The van der Waals surface area contributed by atoms with Crippen LogP contribution in [0.2, 0.25) is 0 Å². The van der Waals surface area contributed by atoms with Crippen LogP contribution < -0.4 is 10.1 Å². The number of carbonyl (C=O) groups excluding carboxylic acids is 2. The Morgan fingerprint density at radius 3 is 2.62 bits per heavy atom. The Balaban J connectivity index is 1.70. The first-order valence-corrected chi connectivity index (χ1v) is 10.1. The van der Waals surface area contributed by atoms with Crippen LogP contribution in [0, 0.1) is 25.5 Å². The zero-order chi connectivity index (χ0) is 21.1. The fraction of sp³-hybridized carbons (Fsp3) is 0.200. The second-order valence-electron chi connectivity index (χ2n) is 6.12. The highest BCUT2D eigenvalue weighted by atomic mass is 32.1. The standard InChI is InChI=1S/C20H17F2NO4S2/c1-10-11(2)29-19(17(10)20(25)26-3)23-18(24)16-6-12(9-28-16)8-27-15-5-4-13(21)7-14(15)22/h4-7,9H,8H2,1-3H3,(H,23,24). The molecule has 0 fully saturated rings. The fourth-order valence-electron chi connectivity index (χ4n) is 2.55. The third-order valence-electron chi connectivity index (χ3n) is 4.17. The molecule has 1 N–H and O–H groups in total. The molecule has 0 radical (unpaired) electrons. The molecule has 0 saturated carbocycles. The number of esters is 1. The molecule has 0 aliphatic rings. The van der Waals surface area contributed by atoms with Crippen LogP contribution in [0.15, 0.2) is 29.6 Å². The van der Waals surface area contributed by atoms with E-state index < -0.39 is 17.6 Å². The summed E-state index contributed by atoms with van der Waals surface area (Å²) in [6, 6.07) is 4.67. The third-order valence-corrected chi connectivity index (χ3v) is 6.27. The summed E-state index contributed by atoms with van der Waals surface area (Å²) in [4.78, 5) is 25.9. The van der Waals surface area contributed by atoms with Crippen molar-refractivity contribution < 1.29 is 27.8 Å². The third kappa shape index (κ3) is 4.63. The molecule has 29 heavy (non-hydrogen) atoms. The Bertz CT molecular complexity index is 1070. The largest absolute Gasteiger partial charge is 0.486 e. The predicted octanol–water partition coefficient (Wildman–Crippen LogP) is 5.32. The molecule has 0 atom stereocenters. The van der Waals surface area contributed by atoms with E-state index in [0.29, 0.717) is 21.0 Å². The lowest BCUT2D eigenvalue weighted by molar-refractivity contribution is 0.0601. The Labute approximate surface area is 173 Å². The Morgan fingerprint density at radius 2 is 1.93 bits per heavy atom. The average molecular weight is 437 g/mol. The first kappa shape index (κ1) is 20.9. The molecule has 2 aromatic heterocycles. The van der Waals surface area contributed by atoms with Crippen LogP contribution in [-0.4, -0.2) is 19.0 Å². The monoisotopic (exact) mass is 437 g/mol. The van der Waals surface area contributed by atoms with Gasteiger partial charge in [0, 0.05) is 16.5 Å². The number of benzene rings is 1. The maximum atomic E-state index is 13.6. The van der Waals surface area contributed by atoms with Gasteiger partial charge in [0.15, 0.2) is 11.6 Å². The number of rotatable bonds is 6. The SMILES string of the molecule is COC(=O)c1c(NC(=O)c2cc(COc3ccc(F)cc3F)cs2)sc(C)c1C. The van der Waals surface area contributed by atoms with Gasteiger partial charge in [-0.1, -0.05) is 0 Å². The predicted molar refractivity (Wildman–Crippen MR) is 108 cm³/mol. The lowest BCUT2D eigenvalue weighted by Crippen LogP contribution is -2.13. The quantitative estimate of drug-likeness (QED) is 0.530. The van der Waals surface area contributed by atoms with Crippen molar-refractivity contribution in [3.63, 3.8) is 0 Å². The van der Waals surface area contributed by atoms with E-state index in [1.807, 2.05) is 6.92 Å². The van der Waals surface area contributed by atoms with Gasteiger partial charge in [0.1, 0.15) is 17.4 Å². The minimum atomic E-state index is -0.794. The van der Waals surface area contributed by atoms with Crippen LogP contribution in [0.3, 0.4) is 0 Å². The maximum absolute atomic E-state index is 13.6. The van der Waals surface area contributed by atoms with E-state index >= 15 is 0 Å². The zero-order valence-corrected chi connectivity index (χ0v) is 17.4. The van der Waals surface area contributed by atoms with Gasteiger partial charge in [-0.15, -0.1) is 22.7 Å². The number of ether oxygens (including phenoxy) is 2. The van der Waals surface area contributed by atoms with Crippen molar-refractivity contribution in [2.45, 2.75) is 20.5 Å². The molecule has 0 unspecified atom stereocenters. The molecular formula is C20H17F2NO4S2. The number of nitrogens with one attached hydrogen (secondary N) is 1. The summed E-state index contributed by atoms with van der Waals surface area (Å²) in [5.74, 6) is -2.44. The molecule has 5 nitrogen and oxygen atoms in total. The van der Waals surface area contributed by atoms with Gasteiger partial charge in [0.05, 0.1) is 17.6 Å². The van der Waals surface area contributed by atoms with E-state index in [1.165, 1.54) is 35.8 Å². The molecule has 0 aliphatic heterocycles. The topological polar surface area (TPSA) is 64.6 Å². The van der Waals surface area contributed by atoms with Crippen molar-refractivity contribution in [3.05, 3.63) is 67.7 Å². The highest BCUT2D eigenvalue weighted by Crippen LogP contribution is 2.33. The summed E-state index contributed by atoms with van der Waals surface area (Å²) >= 11 is 2.49. The van der Waals surface area contributed by atoms with Gasteiger partial charge in [-0.05, 0) is 43.0 Å². The van der Waals surface area contributed by atoms with Crippen molar-refractivity contribution in [1.29, 1.82) is 0 Å². The molecule has 0 saturated heterocycles. The minimum absolute atomic E-state index is 0.0248. The first-order valence-electron chi connectivity index (χ1n) is 8.45. The Kier molecular flexibility index (Phi) is 6.29. The number of methoxy groups -OCH3 is 1. The number of carbonyl (C=O) groups is 2. The zero-order valence-electron chi connectivity index (χ0n) is 15.8. The van der Waals surface area contributed by atoms with Gasteiger partial charge in [-0.25, -0.2) is 13.6 Å². The van der Waals surface area contributed by atoms with Crippen molar-refractivity contribution in [1.82, 2.24) is 0 Å². The second-order valence-corrected chi connectivity index (χ2v) is 8.25. The normalized spacial score (nSPS) is 10.7. The van der Waals surface area contributed by atoms with Crippen molar-refractivity contribution >= 4 is 39.6 Å². The molecule has 2 heterocycles. The van der Waals surface area contributed by atoms with Crippen LogP contribution in [0.5, 0.6) is 5.75 Å². The molecule has 1 aromatic carbocycles. The van der Waals surface area contributed by atoms with E-state index in [9.17, 15) is 18.4 Å². The van der Waals surface area contributed by atoms with Gasteiger partial charge in [0.25, 0.3) is 5.91 Å². The number of anilines is 1. The van der Waals surface area contributed by atoms with E-state index in [1.54, 1.807) is 18.4 Å². The smallest absolute Gasteiger partial charge is 0.341 e. The van der Waals surface area contributed by atoms with Crippen molar-refractivity contribution in [3.8, 4) is 5.75 Å². The van der Waals surface area contributed by atoms with Crippen LogP contribution >= 0.6 is 22.7 Å². The summed E-state index contributed by atoms with van der Waals surface area (Å²) in [6.45, 7) is 3.68. The summed E-state index contributed by atoms with van der Waals surface area (Å²) in [5, 5.41) is 4.89. The van der Waals surface area contributed by atoms with E-state index in [-0.39, 0.29) is 18.3 Å². The summed E-state index contributed by atoms with van der Waals surface area (Å²) in [5.41, 5.74) is 1.77. The molecule has 9 heteroatoms.